The van der Waals surface area contributed by atoms with Crippen molar-refractivity contribution < 1.29 is 9.53 Å². The number of nitrogens with zero attached hydrogens (tertiary/aromatic N) is 4. The van der Waals surface area contributed by atoms with Gasteiger partial charge in [0.1, 0.15) is 0 Å². The Morgan fingerprint density at radius 2 is 1.90 bits per heavy atom. The molecule has 0 radical (unpaired) electrons. The summed E-state index contributed by atoms with van der Waals surface area (Å²) in [5.74, 6) is 0.695. The molecule has 158 valence electrons. The highest BCUT2D eigenvalue weighted by Gasteiger charge is 2.21. The van der Waals surface area contributed by atoms with Gasteiger partial charge in [0.25, 0.3) is 0 Å². The molecule has 7 nitrogen and oxygen atoms in total. The van der Waals surface area contributed by atoms with E-state index in [0.717, 1.165) is 29.1 Å². The fraction of sp³-hybridized carbons (Fsp3) is 0.364. The van der Waals surface area contributed by atoms with Crippen molar-refractivity contribution in [2.24, 2.45) is 0 Å². The van der Waals surface area contributed by atoms with Gasteiger partial charge in [-0.25, -0.2) is 0 Å². The Morgan fingerprint density at radius 3 is 2.60 bits per heavy atom. The summed E-state index contributed by atoms with van der Waals surface area (Å²) >= 11 is 1.40. The van der Waals surface area contributed by atoms with Gasteiger partial charge in [-0.15, -0.1) is 10.2 Å². The van der Waals surface area contributed by atoms with E-state index in [1.165, 1.54) is 11.8 Å². The zero-order valence-electron chi connectivity index (χ0n) is 17.5. The fourth-order valence-electron chi connectivity index (χ4n) is 2.85. The van der Waals surface area contributed by atoms with Crippen molar-refractivity contribution in [1.82, 2.24) is 19.7 Å². The van der Waals surface area contributed by atoms with Crippen LogP contribution in [0.2, 0.25) is 0 Å². The second-order valence-electron chi connectivity index (χ2n) is 6.86. The zero-order valence-corrected chi connectivity index (χ0v) is 18.4. The second-order valence-corrected chi connectivity index (χ2v) is 8.17. The van der Waals surface area contributed by atoms with E-state index in [1.54, 1.807) is 12.4 Å². The van der Waals surface area contributed by atoms with Crippen molar-refractivity contribution in [3.8, 4) is 11.4 Å². The van der Waals surface area contributed by atoms with Gasteiger partial charge < -0.3 is 14.6 Å². The third-order valence-electron chi connectivity index (χ3n) is 4.50. The predicted molar refractivity (Wildman–Crippen MR) is 119 cm³/mol. The minimum Gasteiger partial charge on any atom is -0.382 e. The van der Waals surface area contributed by atoms with Gasteiger partial charge in [0.2, 0.25) is 5.91 Å². The molecule has 3 rings (SSSR count). The number of aryl methyl sites for hydroxylation is 1. The van der Waals surface area contributed by atoms with Crippen molar-refractivity contribution in [1.29, 1.82) is 0 Å². The average Bonchev–Trinajstić information content (AvgIpc) is 3.15. The highest BCUT2D eigenvalue weighted by molar-refractivity contribution is 8.00. The first-order valence-electron chi connectivity index (χ1n) is 10.0. The molecule has 1 aromatic carbocycles. The van der Waals surface area contributed by atoms with E-state index in [-0.39, 0.29) is 11.2 Å². The summed E-state index contributed by atoms with van der Waals surface area (Å²) in [6.45, 7) is 7.94. The molecule has 0 aliphatic rings. The maximum Gasteiger partial charge on any atom is 0.237 e. The molecule has 0 unspecified atom stereocenters. The molecule has 2 heterocycles. The number of amides is 1. The van der Waals surface area contributed by atoms with Gasteiger partial charge in [0.15, 0.2) is 11.0 Å². The van der Waals surface area contributed by atoms with E-state index < -0.39 is 0 Å². The number of rotatable bonds is 10. The first-order chi connectivity index (χ1) is 14.6. The molecule has 0 saturated carbocycles. The fourth-order valence-corrected chi connectivity index (χ4v) is 3.73. The number of carbonyl (C=O) groups is 1. The number of ether oxygens (including phenoxy) is 1. The molecule has 0 aliphatic heterocycles. The second kappa shape index (κ2) is 10.9. The minimum atomic E-state index is -0.327. The first kappa shape index (κ1) is 22.0. The number of carbonyl (C=O) groups excluding carboxylic acids is 1. The van der Waals surface area contributed by atoms with Gasteiger partial charge in [0.05, 0.1) is 5.25 Å². The van der Waals surface area contributed by atoms with Crippen LogP contribution in [0.25, 0.3) is 11.4 Å². The number of pyridine rings is 1. The van der Waals surface area contributed by atoms with Gasteiger partial charge in [-0.1, -0.05) is 29.5 Å². The Bertz CT molecular complexity index is 944. The lowest BCUT2D eigenvalue weighted by Gasteiger charge is -2.14. The van der Waals surface area contributed by atoms with E-state index in [1.807, 2.05) is 57.2 Å². The number of anilines is 1. The van der Waals surface area contributed by atoms with Crippen LogP contribution in [0.15, 0.2) is 53.9 Å². The smallest absolute Gasteiger partial charge is 0.237 e. The summed E-state index contributed by atoms with van der Waals surface area (Å²) in [7, 11) is 0. The highest BCUT2D eigenvalue weighted by atomic mass is 32.2. The lowest BCUT2D eigenvalue weighted by atomic mass is 10.2. The normalized spacial score (nSPS) is 12.0. The van der Waals surface area contributed by atoms with Crippen LogP contribution in [0.3, 0.4) is 0 Å². The first-order valence-corrected chi connectivity index (χ1v) is 10.9. The molecule has 0 fully saturated rings. The summed E-state index contributed by atoms with van der Waals surface area (Å²) in [5, 5.41) is 12.1. The third-order valence-corrected chi connectivity index (χ3v) is 5.58. The van der Waals surface area contributed by atoms with Gasteiger partial charge in [-0.2, -0.15) is 0 Å². The topological polar surface area (TPSA) is 81.9 Å². The maximum absolute atomic E-state index is 12.7. The average molecular weight is 426 g/mol. The summed E-state index contributed by atoms with van der Waals surface area (Å²) in [4.78, 5) is 16.7. The van der Waals surface area contributed by atoms with Crippen molar-refractivity contribution in [2.45, 2.75) is 44.1 Å². The molecule has 8 heteroatoms. The number of benzene rings is 1. The molecule has 0 spiro atoms. The highest BCUT2D eigenvalue weighted by Crippen LogP contribution is 2.27. The van der Waals surface area contributed by atoms with Gasteiger partial charge in [0, 0.05) is 43.4 Å². The summed E-state index contributed by atoms with van der Waals surface area (Å²) in [5.41, 5.74) is 2.88. The molecule has 1 N–H and O–H groups in total. The van der Waals surface area contributed by atoms with Crippen LogP contribution in [0.4, 0.5) is 5.69 Å². The largest absolute Gasteiger partial charge is 0.382 e. The molecular weight excluding hydrogens is 398 g/mol. The van der Waals surface area contributed by atoms with Gasteiger partial charge >= 0.3 is 0 Å². The van der Waals surface area contributed by atoms with Crippen LogP contribution in [0.5, 0.6) is 0 Å². The summed E-state index contributed by atoms with van der Waals surface area (Å²) in [6.07, 6.45) is 4.31. The molecule has 0 aliphatic carbocycles. The quantitative estimate of drug-likeness (QED) is 0.387. The third kappa shape index (κ3) is 5.90. The molecular formula is C22H27N5O2S. The lowest BCUT2D eigenvalue weighted by Crippen LogP contribution is -2.23. The number of hydrogen-bond acceptors (Lipinski definition) is 6. The molecule has 1 atom stereocenters. The van der Waals surface area contributed by atoms with E-state index in [9.17, 15) is 4.79 Å². The standard InChI is InChI=1S/C22H27N5O2S/c1-4-29-15-5-14-27-20(18-10-12-23-13-11-18)25-26-22(27)30-17(3)21(28)24-19-8-6-16(2)7-9-19/h6-13,17H,4-5,14-15H2,1-3H3,(H,24,28)/t17-/m1/s1. The summed E-state index contributed by atoms with van der Waals surface area (Å²) < 4.78 is 7.53. The Labute approximate surface area is 181 Å². The van der Waals surface area contributed by atoms with Crippen LogP contribution in [0, 0.1) is 6.92 Å². The Morgan fingerprint density at radius 1 is 1.17 bits per heavy atom. The van der Waals surface area contributed by atoms with Crippen LogP contribution >= 0.6 is 11.8 Å². The molecule has 2 aromatic heterocycles. The number of hydrogen-bond donors (Lipinski definition) is 1. The van der Waals surface area contributed by atoms with Crippen LogP contribution < -0.4 is 5.32 Å². The molecule has 30 heavy (non-hydrogen) atoms. The van der Waals surface area contributed by atoms with Crippen molar-refractivity contribution in [3.63, 3.8) is 0 Å². The van der Waals surface area contributed by atoms with Crippen LogP contribution in [0.1, 0.15) is 25.8 Å². The van der Waals surface area contributed by atoms with Crippen LogP contribution in [-0.4, -0.2) is 44.1 Å². The zero-order chi connectivity index (χ0) is 21.3. The number of nitrogens with one attached hydrogen (secondary N) is 1. The Balaban J connectivity index is 1.74. The monoisotopic (exact) mass is 425 g/mol. The molecule has 3 aromatic rings. The van der Waals surface area contributed by atoms with E-state index in [0.29, 0.717) is 24.9 Å². The Hall–Kier alpha value is -2.71. The Kier molecular flexibility index (Phi) is 7.98. The van der Waals surface area contributed by atoms with Gasteiger partial charge in [-0.05, 0) is 51.5 Å². The summed E-state index contributed by atoms with van der Waals surface area (Å²) in [6, 6.07) is 11.6. The van der Waals surface area contributed by atoms with E-state index in [4.69, 9.17) is 4.74 Å². The SMILES string of the molecule is CCOCCCn1c(S[C@H](C)C(=O)Nc2ccc(C)cc2)nnc1-c1ccncc1. The molecule has 0 saturated heterocycles. The number of aromatic nitrogens is 4. The molecule has 1 amide bonds. The van der Waals surface area contributed by atoms with E-state index in [2.05, 4.69) is 25.1 Å². The maximum atomic E-state index is 12.7. The number of thioether (sulfide) groups is 1. The van der Waals surface area contributed by atoms with Gasteiger partial charge in [-0.3, -0.25) is 9.78 Å². The van der Waals surface area contributed by atoms with Crippen molar-refractivity contribution >= 4 is 23.4 Å². The molecule has 0 bridgehead atoms. The predicted octanol–water partition coefficient (Wildman–Crippen LogP) is 4.19. The lowest BCUT2D eigenvalue weighted by molar-refractivity contribution is -0.115. The van der Waals surface area contributed by atoms with Crippen molar-refractivity contribution in [3.05, 3.63) is 54.4 Å². The van der Waals surface area contributed by atoms with Crippen molar-refractivity contribution in [2.75, 3.05) is 18.5 Å². The minimum absolute atomic E-state index is 0.0711. The van der Waals surface area contributed by atoms with Crippen LogP contribution in [-0.2, 0) is 16.1 Å². The van der Waals surface area contributed by atoms with E-state index >= 15 is 0 Å².